The lowest BCUT2D eigenvalue weighted by Gasteiger charge is -2.41. The van der Waals surface area contributed by atoms with Gasteiger partial charge in [0, 0.05) is 18.3 Å². The Morgan fingerprint density at radius 1 is 1.00 bits per heavy atom. The first-order valence-electron chi connectivity index (χ1n) is 6.40. The van der Waals surface area contributed by atoms with E-state index in [2.05, 4.69) is 24.3 Å². The topological polar surface area (TPSA) is 17.1 Å². The molecule has 0 aliphatic heterocycles. The fourth-order valence-corrected chi connectivity index (χ4v) is 3.63. The summed E-state index contributed by atoms with van der Waals surface area (Å²) in [6, 6.07) is 8.76. The fraction of sp³-hybridized carbons (Fsp3) is 0.533. The standard InChI is InChI=1S/C15H18O/c16-13-7-4-10-15(11-13)9-3-6-12-5-1-2-8-14(12)15/h1-2,5,8H,3-4,6-7,9-11H2. The van der Waals surface area contributed by atoms with Gasteiger partial charge >= 0.3 is 0 Å². The number of carbonyl (C=O) groups excluding carboxylic acids is 1. The molecule has 1 atom stereocenters. The lowest BCUT2D eigenvalue weighted by molar-refractivity contribution is -0.122. The van der Waals surface area contributed by atoms with Gasteiger partial charge in [-0.3, -0.25) is 4.79 Å². The van der Waals surface area contributed by atoms with Crippen molar-refractivity contribution >= 4 is 5.78 Å². The minimum absolute atomic E-state index is 0.212. The highest BCUT2D eigenvalue weighted by Gasteiger charge is 2.39. The summed E-state index contributed by atoms with van der Waals surface area (Å²) in [4.78, 5) is 11.7. The summed E-state index contributed by atoms with van der Waals surface area (Å²) in [5.41, 5.74) is 3.18. The molecule has 0 bridgehead atoms. The van der Waals surface area contributed by atoms with E-state index in [1.807, 2.05) is 0 Å². The van der Waals surface area contributed by atoms with Gasteiger partial charge in [0.25, 0.3) is 0 Å². The zero-order valence-electron chi connectivity index (χ0n) is 9.67. The van der Waals surface area contributed by atoms with Crippen LogP contribution in [0.15, 0.2) is 24.3 Å². The van der Waals surface area contributed by atoms with Crippen LogP contribution in [0.2, 0.25) is 0 Å². The highest BCUT2D eigenvalue weighted by Crippen LogP contribution is 2.46. The molecule has 1 aromatic carbocycles. The van der Waals surface area contributed by atoms with Crippen molar-refractivity contribution in [2.75, 3.05) is 0 Å². The van der Waals surface area contributed by atoms with Crippen molar-refractivity contribution in [2.24, 2.45) is 0 Å². The van der Waals surface area contributed by atoms with Crippen molar-refractivity contribution in [1.82, 2.24) is 0 Å². The van der Waals surface area contributed by atoms with Crippen LogP contribution >= 0.6 is 0 Å². The second-order valence-electron chi connectivity index (χ2n) is 5.36. The van der Waals surface area contributed by atoms with Crippen LogP contribution in [0.5, 0.6) is 0 Å². The maximum absolute atomic E-state index is 11.7. The van der Waals surface area contributed by atoms with Crippen molar-refractivity contribution in [2.45, 2.75) is 50.4 Å². The summed E-state index contributed by atoms with van der Waals surface area (Å²) in [5, 5.41) is 0. The third-order valence-corrected chi connectivity index (χ3v) is 4.34. The molecule has 0 heterocycles. The quantitative estimate of drug-likeness (QED) is 0.647. The van der Waals surface area contributed by atoms with Gasteiger partial charge in [0.15, 0.2) is 0 Å². The lowest BCUT2D eigenvalue weighted by Crippen LogP contribution is -2.36. The monoisotopic (exact) mass is 214 g/mol. The first kappa shape index (κ1) is 10.1. The Balaban J connectivity index is 2.05. The van der Waals surface area contributed by atoms with Gasteiger partial charge in [-0.25, -0.2) is 0 Å². The Morgan fingerprint density at radius 3 is 2.56 bits per heavy atom. The molecule has 1 spiro atoms. The van der Waals surface area contributed by atoms with E-state index in [1.165, 1.54) is 36.8 Å². The zero-order valence-corrected chi connectivity index (χ0v) is 9.67. The lowest BCUT2D eigenvalue weighted by atomic mass is 9.62. The Bertz CT molecular complexity index is 421. The van der Waals surface area contributed by atoms with Crippen LogP contribution in [0.25, 0.3) is 0 Å². The molecule has 0 N–H and O–H groups in total. The van der Waals surface area contributed by atoms with E-state index in [4.69, 9.17) is 0 Å². The van der Waals surface area contributed by atoms with E-state index in [9.17, 15) is 4.79 Å². The van der Waals surface area contributed by atoms with Crippen molar-refractivity contribution in [1.29, 1.82) is 0 Å². The van der Waals surface area contributed by atoms with Gasteiger partial charge < -0.3 is 0 Å². The predicted molar refractivity (Wildman–Crippen MR) is 64.5 cm³/mol. The molecule has 0 saturated heterocycles. The van der Waals surface area contributed by atoms with Gasteiger partial charge in [-0.05, 0) is 43.2 Å². The maximum atomic E-state index is 11.7. The predicted octanol–water partition coefficient (Wildman–Crippen LogP) is 3.40. The molecule has 1 saturated carbocycles. The normalized spacial score (nSPS) is 29.1. The van der Waals surface area contributed by atoms with Crippen molar-refractivity contribution in [3.8, 4) is 0 Å². The second kappa shape index (κ2) is 3.73. The summed E-state index contributed by atoms with van der Waals surface area (Å²) >= 11 is 0. The van der Waals surface area contributed by atoms with Gasteiger partial charge in [0.2, 0.25) is 0 Å². The van der Waals surface area contributed by atoms with Crippen LogP contribution in [0.4, 0.5) is 0 Å². The Morgan fingerprint density at radius 2 is 1.75 bits per heavy atom. The highest BCUT2D eigenvalue weighted by atomic mass is 16.1. The third-order valence-electron chi connectivity index (χ3n) is 4.34. The first-order chi connectivity index (χ1) is 7.80. The fourth-order valence-electron chi connectivity index (χ4n) is 3.63. The van der Waals surface area contributed by atoms with Crippen LogP contribution in [0.1, 0.15) is 49.7 Å². The number of ketones is 1. The van der Waals surface area contributed by atoms with E-state index in [1.54, 1.807) is 0 Å². The number of hydrogen-bond acceptors (Lipinski definition) is 1. The number of Topliss-reactive ketones (excluding diaryl/α,β-unsaturated/α-hetero) is 1. The number of benzene rings is 1. The molecule has 0 aromatic heterocycles. The minimum atomic E-state index is 0.212. The number of aryl methyl sites for hydroxylation is 1. The third kappa shape index (κ3) is 1.50. The minimum Gasteiger partial charge on any atom is -0.300 e. The van der Waals surface area contributed by atoms with E-state index in [-0.39, 0.29) is 5.41 Å². The maximum Gasteiger partial charge on any atom is 0.133 e. The van der Waals surface area contributed by atoms with E-state index >= 15 is 0 Å². The Labute approximate surface area is 96.9 Å². The van der Waals surface area contributed by atoms with E-state index in [0.29, 0.717) is 5.78 Å². The summed E-state index contributed by atoms with van der Waals surface area (Å²) in [5.74, 6) is 0.475. The largest absolute Gasteiger partial charge is 0.300 e. The number of fused-ring (bicyclic) bond motifs is 2. The average molecular weight is 214 g/mol. The van der Waals surface area contributed by atoms with Crippen LogP contribution in [0.3, 0.4) is 0 Å². The van der Waals surface area contributed by atoms with Gasteiger partial charge in [-0.1, -0.05) is 24.3 Å². The molecular weight excluding hydrogens is 196 g/mol. The number of hydrogen-bond donors (Lipinski definition) is 0. The molecule has 1 fully saturated rings. The molecule has 2 aliphatic carbocycles. The van der Waals surface area contributed by atoms with Crippen molar-refractivity contribution in [3.05, 3.63) is 35.4 Å². The van der Waals surface area contributed by atoms with E-state index < -0.39 is 0 Å². The highest BCUT2D eigenvalue weighted by molar-refractivity contribution is 5.81. The van der Waals surface area contributed by atoms with Crippen LogP contribution < -0.4 is 0 Å². The Kier molecular flexibility index (Phi) is 2.34. The molecule has 0 amide bonds. The molecule has 16 heavy (non-hydrogen) atoms. The smallest absolute Gasteiger partial charge is 0.133 e. The molecule has 1 nitrogen and oxygen atoms in total. The number of carbonyl (C=O) groups is 1. The molecule has 1 unspecified atom stereocenters. The molecule has 84 valence electrons. The van der Waals surface area contributed by atoms with Gasteiger partial charge in [-0.15, -0.1) is 0 Å². The molecule has 2 aliphatic rings. The number of rotatable bonds is 0. The van der Waals surface area contributed by atoms with Crippen molar-refractivity contribution < 1.29 is 4.79 Å². The molecular formula is C15H18O. The van der Waals surface area contributed by atoms with Crippen LogP contribution in [-0.2, 0) is 16.6 Å². The zero-order chi connectivity index (χ0) is 11.0. The molecule has 3 rings (SSSR count). The average Bonchev–Trinajstić information content (AvgIpc) is 2.30. The van der Waals surface area contributed by atoms with Crippen LogP contribution in [0, 0.1) is 0 Å². The van der Waals surface area contributed by atoms with Gasteiger partial charge in [0.05, 0.1) is 0 Å². The SMILES string of the molecule is O=C1CCCC2(CCCc3ccccc32)C1. The summed E-state index contributed by atoms with van der Waals surface area (Å²) < 4.78 is 0. The van der Waals surface area contributed by atoms with Crippen molar-refractivity contribution in [3.63, 3.8) is 0 Å². The summed E-state index contributed by atoms with van der Waals surface area (Å²) in [6.45, 7) is 0. The second-order valence-corrected chi connectivity index (χ2v) is 5.36. The Hall–Kier alpha value is -1.11. The summed E-state index contributed by atoms with van der Waals surface area (Å²) in [7, 11) is 0. The molecule has 1 aromatic rings. The van der Waals surface area contributed by atoms with Gasteiger partial charge in [-0.2, -0.15) is 0 Å². The first-order valence-corrected chi connectivity index (χ1v) is 6.40. The molecule has 0 radical (unpaired) electrons. The van der Waals surface area contributed by atoms with E-state index in [0.717, 1.165) is 19.3 Å². The van der Waals surface area contributed by atoms with Crippen LogP contribution in [-0.4, -0.2) is 5.78 Å². The molecule has 1 heteroatoms. The summed E-state index contributed by atoms with van der Waals surface area (Å²) in [6.07, 6.45) is 7.59. The van der Waals surface area contributed by atoms with Gasteiger partial charge in [0.1, 0.15) is 5.78 Å².